The van der Waals surface area contributed by atoms with E-state index < -0.39 is 10.8 Å². The average molecular weight is 329 g/mol. The minimum absolute atomic E-state index is 0.0242. The molecule has 0 fully saturated rings. The fraction of sp³-hybridized carbons (Fsp3) is 0.235. The van der Waals surface area contributed by atoms with Gasteiger partial charge >= 0.3 is 0 Å². The molecule has 5 nitrogen and oxygen atoms in total. The molecule has 1 atom stereocenters. The summed E-state index contributed by atoms with van der Waals surface area (Å²) in [4.78, 5) is 9.52. The van der Waals surface area contributed by atoms with Gasteiger partial charge in [-0.05, 0) is 29.3 Å². The van der Waals surface area contributed by atoms with E-state index in [0.717, 1.165) is 27.8 Å². The second-order valence-electron chi connectivity index (χ2n) is 5.56. The van der Waals surface area contributed by atoms with Gasteiger partial charge in [0.1, 0.15) is 0 Å². The minimum atomic E-state index is -1.26. The zero-order chi connectivity index (χ0) is 16.4. The number of nitrogens with one attached hydrogen (secondary N) is 1. The number of aromatic amines is 1. The molecule has 0 aliphatic rings. The van der Waals surface area contributed by atoms with Gasteiger partial charge in [0.05, 0.1) is 34.2 Å². The van der Waals surface area contributed by atoms with Crippen LogP contribution < -0.4 is 4.90 Å². The van der Waals surface area contributed by atoms with Crippen LogP contribution in [0.5, 0.6) is 0 Å². The Bertz CT molecular complexity index is 858. The van der Waals surface area contributed by atoms with Crippen LogP contribution in [0.15, 0.2) is 47.6 Å². The molecule has 1 heterocycles. The maximum absolute atomic E-state index is 12.7. The second-order valence-corrected chi connectivity index (χ2v) is 6.93. The van der Waals surface area contributed by atoms with E-state index in [9.17, 15) is 9.32 Å². The molecule has 0 saturated carbocycles. The Kier molecular flexibility index (Phi) is 4.45. The van der Waals surface area contributed by atoms with Crippen molar-refractivity contribution in [3.05, 3.63) is 53.6 Å². The number of aromatic nitrogens is 2. The predicted molar refractivity (Wildman–Crippen MR) is 92.9 cm³/mol. The van der Waals surface area contributed by atoms with Crippen LogP contribution in [0.25, 0.3) is 11.0 Å². The molecule has 23 heavy (non-hydrogen) atoms. The van der Waals surface area contributed by atoms with Gasteiger partial charge in [0, 0.05) is 19.8 Å². The van der Waals surface area contributed by atoms with E-state index in [1.807, 2.05) is 61.5 Å². The third-order valence-corrected chi connectivity index (χ3v) is 4.88. The van der Waals surface area contributed by atoms with Gasteiger partial charge in [0.25, 0.3) is 0 Å². The van der Waals surface area contributed by atoms with Gasteiger partial charge in [0.15, 0.2) is 5.16 Å². The molecule has 3 aromatic rings. The van der Waals surface area contributed by atoms with Crippen LogP contribution in [0.1, 0.15) is 11.1 Å². The van der Waals surface area contributed by atoms with Crippen molar-refractivity contribution < 1.29 is 9.32 Å². The highest BCUT2D eigenvalue weighted by Crippen LogP contribution is 2.22. The van der Waals surface area contributed by atoms with Crippen molar-refractivity contribution >= 4 is 27.5 Å². The molecule has 1 unspecified atom stereocenters. The Morgan fingerprint density at radius 2 is 2.00 bits per heavy atom. The van der Waals surface area contributed by atoms with Gasteiger partial charge in [-0.3, -0.25) is 4.21 Å². The summed E-state index contributed by atoms with van der Waals surface area (Å²) in [6.45, 7) is -0.0242. The summed E-state index contributed by atoms with van der Waals surface area (Å²) in [7, 11) is 2.68. The van der Waals surface area contributed by atoms with Crippen LogP contribution in [0, 0.1) is 0 Å². The van der Waals surface area contributed by atoms with E-state index in [2.05, 4.69) is 9.97 Å². The van der Waals surface area contributed by atoms with Crippen molar-refractivity contribution in [2.24, 2.45) is 0 Å². The van der Waals surface area contributed by atoms with Crippen LogP contribution in [-0.2, 0) is 23.2 Å². The third-order valence-electron chi connectivity index (χ3n) is 3.68. The Morgan fingerprint density at radius 3 is 2.74 bits per heavy atom. The fourth-order valence-corrected chi connectivity index (χ4v) is 3.61. The first-order chi connectivity index (χ1) is 11.1. The van der Waals surface area contributed by atoms with E-state index in [-0.39, 0.29) is 6.61 Å². The fourth-order valence-electron chi connectivity index (χ4n) is 2.52. The molecular formula is C17H19N3O2S. The number of aliphatic hydroxyl groups is 1. The lowest BCUT2D eigenvalue weighted by Crippen LogP contribution is -2.12. The van der Waals surface area contributed by atoms with E-state index in [0.29, 0.717) is 10.9 Å². The molecule has 3 rings (SSSR count). The molecule has 2 N–H and O–H groups in total. The number of para-hydroxylation sites is 1. The topological polar surface area (TPSA) is 69.2 Å². The summed E-state index contributed by atoms with van der Waals surface area (Å²) < 4.78 is 12.7. The summed E-state index contributed by atoms with van der Waals surface area (Å²) in [5, 5.41) is 9.65. The Hall–Kier alpha value is -2.18. The quantitative estimate of drug-likeness (QED) is 0.754. The summed E-state index contributed by atoms with van der Waals surface area (Å²) in [6, 6.07) is 13.4. The van der Waals surface area contributed by atoms with Crippen LogP contribution in [0.2, 0.25) is 0 Å². The highest BCUT2D eigenvalue weighted by atomic mass is 32.2. The van der Waals surface area contributed by atoms with Crippen molar-refractivity contribution in [3.63, 3.8) is 0 Å². The molecular weight excluding hydrogens is 310 g/mol. The lowest BCUT2D eigenvalue weighted by molar-refractivity contribution is 0.282. The number of benzene rings is 2. The largest absolute Gasteiger partial charge is 0.392 e. The lowest BCUT2D eigenvalue weighted by Gasteiger charge is -2.16. The minimum Gasteiger partial charge on any atom is -0.392 e. The molecule has 0 spiro atoms. The zero-order valence-corrected chi connectivity index (χ0v) is 13.9. The molecule has 0 radical (unpaired) electrons. The second kappa shape index (κ2) is 6.52. The van der Waals surface area contributed by atoms with Crippen molar-refractivity contribution in [2.75, 3.05) is 19.0 Å². The number of hydrogen-bond acceptors (Lipinski definition) is 4. The van der Waals surface area contributed by atoms with Gasteiger partial charge in [-0.15, -0.1) is 0 Å². The molecule has 0 bridgehead atoms. The monoisotopic (exact) mass is 329 g/mol. The van der Waals surface area contributed by atoms with E-state index in [4.69, 9.17) is 0 Å². The summed E-state index contributed by atoms with van der Waals surface area (Å²) in [5.74, 6) is 0.404. The zero-order valence-electron chi connectivity index (χ0n) is 13.1. The van der Waals surface area contributed by atoms with Crippen molar-refractivity contribution in [1.29, 1.82) is 0 Å². The first-order valence-corrected chi connectivity index (χ1v) is 8.63. The van der Waals surface area contributed by atoms with E-state index in [1.165, 1.54) is 0 Å². The summed E-state index contributed by atoms with van der Waals surface area (Å²) in [6.07, 6.45) is 0. The van der Waals surface area contributed by atoms with Crippen molar-refractivity contribution in [3.8, 4) is 0 Å². The van der Waals surface area contributed by atoms with Crippen LogP contribution in [0.3, 0.4) is 0 Å². The molecule has 1 aromatic heterocycles. The van der Waals surface area contributed by atoms with Gasteiger partial charge in [-0.1, -0.05) is 24.3 Å². The normalized spacial score (nSPS) is 12.5. The van der Waals surface area contributed by atoms with Crippen LogP contribution in [0.4, 0.5) is 5.69 Å². The number of rotatable bonds is 5. The summed E-state index contributed by atoms with van der Waals surface area (Å²) >= 11 is 0. The lowest BCUT2D eigenvalue weighted by atomic mass is 10.2. The number of H-pyrrole nitrogens is 1. The predicted octanol–water partition coefficient (Wildman–Crippen LogP) is 2.43. The molecule has 0 aliphatic heterocycles. The third kappa shape index (κ3) is 3.28. The molecule has 0 aliphatic carbocycles. The summed E-state index contributed by atoms with van der Waals surface area (Å²) in [5.41, 5.74) is 4.43. The van der Waals surface area contributed by atoms with Gasteiger partial charge in [-0.25, -0.2) is 4.98 Å². The van der Waals surface area contributed by atoms with Crippen LogP contribution >= 0.6 is 0 Å². The van der Waals surface area contributed by atoms with Gasteiger partial charge in [0.2, 0.25) is 0 Å². The van der Waals surface area contributed by atoms with Gasteiger partial charge < -0.3 is 15.0 Å². The SMILES string of the molecule is CN(C)c1ccccc1CS(=O)c1nc2ccc(CO)cc2[nH]1. The molecule has 0 saturated heterocycles. The maximum atomic E-state index is 12.7. The standard InChI is InChI=1S/C17H19N3O2S/c1-20(2)16-6-4-3-5-13(16)11-23(22)17-18-14-8-7-12(10-21)9-15(14)19-17/h3-9,21H,10-11H2,1-2H3,(H,18,19). The van der Waals surface area contributed by atoms with E-state index in [1.54, 1.807) is 0 Å². The number of aliphatic hydroxyl groups excluding tert-OH is 1. The maximum Gasteiger partial charge on any atom is 0.197 e. The highest BCUT2D eigenvalue weighted by molar-refractivity contribution is 7.84. The Morgan fingerprint density at radius 1 is 1.22 bits per heavy atom. The number of anilines is 1. The molecule has 0 amide bonds. The van der Waals surface area contributed by atoms with E-state index >= 15 is 0 Å². The van der Waals surface area contributed by atoms with Crippen LogP contribution in [-0.4, -0.2) is 33.4 Å². The number of imidazole rings is 1. The van der Waals surface area contributed by atoms with Crippen molar-refractivity contribution in [2.45, 2.75) is 17.5 Å². The smallest absolute Gasteiger partial charge is 0.197 e. The molecule has 120 valence electrons. The number of hydrogen-bond donors (Lipinski definition) is 2. The number of fused-ring (bicyclic) bond motifs is 1. The van der Waals surface area contributed by atoms with Crippen molar-refractivity contribution in [1.82, 2.24) is 9.97 Å². The first-order valence-electron chi connectivity index (χ1n) is 7.31. The molecule has 2 aromatic carbocycles. The highest BCUT2D eigenvalue weighted by Gasteiger charge is 2.13. The van der Waals surface area contributed by atoms with Gasteiger partial charge in [-0.2, -0.15) is 0 Å². The molecule has 6 heteroatoms. The average Bonchev–Trinajstić information content (AvgIpc) is 2.98. The first kappa shape index (κ1) is 15.7. The Balaban J connectivity index is 1.89. The Labute approximate surface area is 137 Å². The number of nitrogens with zero attached hydrogens (tertiary/aromatic N) is 2.